The molecular formula is C20H20N2O5. The molecule has 0 aliphatic rings. The van der Waals surface area contributed by atoms with E-state index in [2.05, 4.69) is 5.10 Å². The molecule has 0 atom stereocenters. The highest BCUT2D eigenvalue weighted by molar-refractivity contribution is 6.14. The Bertz CT molecular complexity index is 977. The van der Waals surface area contributed by atoms with Gasteiger partial charge in [0.05, 0.1) is 32.6 Å². The Morgan fingerprint density at radius 1 is 1.00 bits per heavy atom. The lowest BCUT2D eigenvalue weighted by Crippen LogP contribution is -2.07. The molecule has 2 aromatic carbocycles. The van der Waals surface area contributed by atoms with Crippen molar-refractivity contribution in [3.63, 3.8) is 0 Å². The molecule has 140 valence electrons. The van der Waals surface area contributed by atoms with E-state index in [1.807, 2.05) is 0 Å². The third kappa shape index (κ3) is 3.19. The zero-order valence-corrected chi connectivity index (χ0v) is 15.5. The number of aryl methyl sites for hydroxylation is 1. The Hall–Kier alpha value is -3.48. The lowest BCUT2D eigenvalue weighted by Gasteiger charge is -2.17. The molecule has 0 spiro atoms. The van der Waals surface area contributed by atoms with Crippen LogP contribution in [0.4, 0.5) is 0 Å². The Morgan fingerprint density at radius 3 is 2.19 bits per heavy atom. The minimum atomic E-state index is -0.377. The number of hydrogen-bond acceptors (Lipinski definition) is 6. The molecule has 1 N–H and O–H groups in total. The highest BCUT2D eigenvalue weighted by atomic mass is 16.5. The standard InChI is InChI=1S/C20H20N2O5/c1-22-14(9-10-21-22)17-15(26-3)11-16(27-4)18(20(17)24)19(23)12-5-7-13(25-2)8-6-12/h5-11,24H,1-4H3. The number of nitrogens with zero attached hydrogens (tertiary/aromatic N) is 2. The van der Waals surface area contributed by atoms with Crippen molar-refractivity contribution in [1.82, 2.24) is 9.78 Å². The molecule has 0 amide bonds. The van der Waals surface area contributed by atoms with Gasteiger partial charge in [0.15, 0.2) is 0 Å². The number of rotatable bonds is 6. The monoisotopic (exact) mass is 368 g/mol. The van der Waals surface area contributed by atoms with Crippen LogP contribution in [0, 0.1) is 0 Å². The van der Waals surface area contributed by atoms with E-state index in [1.165, 1.54) is 14.2 Å². The van der Waals surface area contributed by atoms with Gasteiger partial charge in [-0.2, -0.15) is 5.10 Å². The molecule has 0 radical (unpaired) electrons. The number of methoxy groups -OCH3 is 3. The number of hydrogen-bond donors (Lipinski definition) is 1. The van der Waals surface area contributed by atoms with Gasteiger partial charge in [0.25, 0.3) is 0 Å². The van der Waals surface area contributed by atoms with Crippen molar-refractivity contribution in [1.29, 1.82) is 0 Å². The highest BCUT2D eigenvalue weighted by Crippen LogP contribution is 2.45. The first-order valence-electron chi connectivity index (χ1n) is 8.16. The summed E-state index contributed by atoms with van der Waals surface area (Å²) in [4.78, 5) is 13.1. The fraction of sp³-hybridized carbons (Fsp3) is 0.200. The summed E-state index contributed by atoms with van der Waals surface area (Å²) in [5.41, 5.74) is 1.43. The summed E-state index contributed by atoms with van der Waals surface area (Å²) in [5.74, 6) is 0.622. The summed E-state index contributed by atoms with van der Waals surface area (Å²) >= 11 is 0. The number of benzene rings is 2. The number of phenols is 1. The van der Waals surface area contributed by atoms with Crippen molar-refractivity contribution >= 4 is 5.78 Å². The lowest BCUT2D eigenvalue weighted by molar-refractivity contribution is 0.103. The zero-order chi connectivity index (χ0) is 19.6. The molecule has 0 saturated heterocycles. The van der Waals surface area contributed by atoms with Crippen LogP contribution in [0.15, 0.2) is 42.6 Å². The summed E-state index contributed by atoms with van der Waals surface area (Å²) < 4.78 is 17.5. The number of carbonyl (C=O) groups excluding carboxylic acids is 1. The quantitative estimate of drug-likeness (QED) is 0.674. The predicted molar refractivity (Wildman–Crippen MR) is 99.8 cm³/mol. The molecule has 7 heteroatoms. The van der Waals surface area contributed by atoms with E-state index in [1.54, 1.807) is 61.4 Å². The van der Waals surface area contributed by atoms with E-state index in [4.69, 9.17) is 14.2 Å². The van der Waals surface area contributed by atoms with Gasteiger partial charge in [-0.05, 0) is 30.3 Å². The smallest absolute Gasteiger partial charge is 0.200 e. The van der Waals surface area contributed by atoms with Gasteiger partial charge >= 0.3 is 0 Å². The molecular weight excluding hydrogens is 348 g/mol. The van der Waals surface area contributed by atoms with E-state index in [0.717, 1.165) is 0 Å². The van der Waals surface area contributed by atoms with Crippen LogP contribution in [-0.4, -0.2) is 42.0 Å². The normalized spacial score (nSPS) is 10.5. The van der Waals surface area contributed by atoms with Gasteiger partial charge in [-0.1, -0.05) is 0 Å². The molecule has 0 saturated carbocycles. The molecule has 3 aromatic rings. The third-order valence-corrected chi connectivity index (χ3v) is 4.32. The van der Waals surface area contributed by atoms with Crippen LogP contribution < -0.4 is 14.2 Å². The average molecular weight is 368 g/mol. The third-order valence-electron chi connectivity index (χ3n) is 4.32. The van der Waals surface area contributed by atoms with Crippen molar-refractivity contribution < 1.29 is 24.1 Å². The minimum absolute atomic E-state index is 0.0552. The van der Waals surface area contributed by atoms with Crippen LogP contribution in [0.5, 0.6) is 23.0 Å². The van der Waals surface area contributed by atoms with Gasteiger partial charge in [-0.3, -0.25) is 9.48 Å². The van der Waals surface area contributed by atoms with Crippen molar-refractivity contribution in [2.45, 2.75) is 0 Å². The van der Waals surface area contributed by atoms with Crippen LogP contribution in [0.3, 0.4) is 0 Å². The fourth-order valence-electron chi connectivity index (χ4n) is 2.92. The molecule has 0 aliphatic carbocycles. The van der Waals surface area contributed by atoms with Crippen LogP contribution >= 0.6 is 0 Å². The van der Waals surface area contributed by atoms with Crippen LogP contribution in [0.25, 0.3) is 11.3 Å². The number of phenolic OH excluding ortho intramolecular Hbond substituents is 1. The first-order chi connectivity index (χ1) is 13.0. The van der Waals surface area contributed by atoms with Gasteiger partial charge in [0.2, 0.25) is 5.78 Å². The maximum atomic E-state index is 13.1. The van der Waals surface area contributed by atoms with Crippen molar-refractivity contribution in [2.24, 2.45) is 7.05 Å². The van der Waals surface area contributed by atoms with E-state index in [9.17, 15) is 9.90 Å². The Morgan fingerprint density at radius 2 is 1.67 bits per heavy atom. The molecule has 3 rings (SSSR count). The maximum absolute atomic E-state index is 13.1. The molecule has 7 nitrogen and oxygen atoms in total. The van der Waals surface area contributed by atoms with E-state index < -0.39 is 0 Å². The number of carbonyl (C=O) groups is 1. The van der Waals surface area contributed by atoms with Crippen molar-refractivity contribution in [3.8, 4) is 34.3 Å². The number of ketones is 1. The predicted octanol–water partition coefficient (Wildman–Crippen LogP) is 3.05. The SMILES string of the molecule is COc1ccc(C(=O)c2c(OC)cc(OC)c(-c3ccnn3C)c2O)cc1. The molecule has 27 heavy (non-hydrogen) atoms. The highest BCUT2D eigenvalue weighted by Gasteiger charge is 2.27. The second kappa shape index (κ2) is 7.41. The van der Waals surface area contributed by atoms with Gasteiger partial charge in [0.1, 0.15) is 28.6 Å². The number of aromatic hydroxyl groups is 1. The van der Waals surface area contributed by atoms with E-state index in [-0.39, 0.29) is 22.8 Å². The fourth-order valence-corrected chi connectivity index (χ4v) is 2.92. The van der Waals surface area contributed by atoms with Crippen molar-refractivity contribution in [2.75, 3.05) is 21.3 Å². The molecule has 0 bridgehead atoms. The van der Waals surface area contributed by atoms with E-state index >= 15 is 0 Å². The van der Waals surface area contributed by atoms with Crippen LogP contribution in [0.2, 0.25) is 0 Å². The van der Waals surface area contributed by atoms with Gasteiger partial charge in [0, 0.05) is 24.9 Å². The Balaban J connectivity index is 2.22. The maximum Gasteiger partial charge on any atom is 0.200 e. The average Bonchev–Trinajstić information content (AvgIpc) is 3.12. The molecule has 1 heterocycles. The summed E-state index contributed by atoms with van der Waals surface area (Å²) in [6, 6.07) is 9.94. The number of aromatic nitrogens is 2. The molecule has 1 aromatic heterocycles. The second-order valence-electron chi connectivity index (χ2n) is 5.78. The van der Waals surface area contributed by atoms with Gasteiger partial charge in [-0.15, -0.1) is 0 Å². The van der Waals surface area contributed by atoms with Crippen molar-refractivity contribution in [3.05, 3.63) is 53.7 Å². The largest absolute Gasteiger partial charge is 0.506 e. The Labute approximate surface area is 156 Å². The lowest BCUT2D eigenvalue weighted by atomic mass is 9.96. The zero-order valence-electron chi connectivity index (χ0n) is 15.5. The van der Waals surface area contributed by atoms with Gasteiger partial charge in [-0.25, -0.2) is 0 Å². The summed E-state index contributed by atoms with van der Waals surface area (Å²) in [7, 11) is 6.21. The van der Waals surface area contributed by atoms with Crippen LogP contribution in [-0.2, 0) is 7.05 Å². The topological polar surface area (TPSA) is 82.8 Å². The summed E-state index contributed by atoms with van der Waals surface area (Å²) in [6.07, 6.45) is 1.60. The molecule has 0 unspecified atom stereocenters. The Kier molecular flexibility index (Phi) is 5.03. The second-order valence-corrected chi connectivity index (χ2v) is 5.78. The minimum Gasteiger partial charge on any atom is -0.506 e. The van der Waals surface area contributed by atoms with Gasteiger partial charge < -0.3 is 19.3 Å². The van der Waals surface area contributed by atoms with Crippen LogP contribution in [0.1, 0.15) is 15.9 Å². The first-order valence-corrected chi connectivity index (χ1v) is 8.16. The molecule has 0 fully saturated rings. The van der Waals surface area contributed by atoms with E-state index in [0.29, 0.717) is 28.3 Å². The summed E-state index contributed by atoms with van der Waals surface area (Å²) in [6.45, 7) is 0. The first kappa shape index (κ1) is 18.3. The summed E-state index contributed by atoms with van der Waals surface area (Å²) in [5, 5.41) is 15.1. The molecule has 0 aliphatic heterocycles. The number of ether oxygens (including phenoxy) is 3.